The van der Waals surface area contributed by atoms with Crippen LogP contribution in [0.5, 0.6) is 5.75 Å². The van der Waals surface area contributed by atoms with Crippen LogP contribution in [0.4, 0.5) is 4.39 Å². The third kappa shape index (κ3) is 1.75. The first-order valence-electron chi connectivity index (χ1n) is 5.71. The number of hydrogen-bond donors (Lipinski definition) is 1. The normalized spacial score (nSPS) is 27.6. The number of carbonyl (C=O) groups excluding carboxylic acids is 2. The Hall–Kier alpha value is -1.51. The first-order valence-corrected chi connectivity index (χ1v) is 6.66. The highest BCUT2D eigenvalue weighted by molar-refractivity contribution is 7.08. The predicted molar refractivity (Wildman–Crippen MR) is 62.5 cm³/mol. The van der Waals surface area contributed by atoms with Crippen LogP contribution in [0, 0.1) is 0 Å². The van der Waals surface area contributed by atoms with E-state index in [2.05, 4.69) is 0 Å². The van der Waals surface area contributed by atoms with Crippen molar-refractivity contribution in [3.63, 3.8) is 0 Å². The number of aliphatic hydroxyl groups is 1. The van der Waals surface area contributed by atoms with Crippen molar-refractivity contribution in [2.45, 2.75) is 25.2 Å². The molecule has 6 nitrogen and oxygen atoms in total. The predicted octanol–water partition coefficient (Wildman–Crippen LogP) is 0.622. The maximum Gasteiger partial charge on any atom is 0.287 e. The Kier molecular flexibility index (Phi) is 2.80. The van der Waals surface area contributed by atoms with Gasteiger partial charge in [-0.15, -0.1) is 11.3 Å². The number of amides is 2. The van der Waals surface area contributed by atoms with Gasteiger partial charge < -0.3 is 9.94 Å². The van der Waals surface area contributed by atoms with Crippen LogP contribution in [-0.2, 0) is 16.1 Å². The lowest BCUT2D eigenvalue weighted by molar-refractivity contribution is -0.220. The molecule has 0 bridgehead atoms. The van der Waals surface area contributed by atoms with Crippen molar-refractivity contribution >= 4 is 23.2 Å². The SMILES string of the molecule is O=C1CC[C@](F)(N2Cc3cscc3O2)C(=O)N1CO. The number of nitrogens with zero attached hydrogens (tertiary/aromatic N) is 2. The van der Waals surface area contributed by atoms with Crippen molar-refractivity contribution in [2.75, 3.05) is 6.73 Å². The Morgan fingerprint density at radius 2 is 2.26 bits per heavy atom. The number of aliphatic hydroxyl groups excluding tert-OH is 1. The zero-order valence-electron chi connectivity index (χ0n) is 9.84. The summed E-state index contributed by atoms with van der Waals surface area (Å²) < 4.78 is 14.9. The molecule has 2 aliphatic rings. The molecule has 0 saturated carbocycles. The minimum atomic E-state index is -2.41. The molecule has 1 N–H and O–H groups in total. The third-order valence-electron chi connectivity index (χ3n) is 3.31. The van der Waals surface area contributed by atoms with Crippen molar-refractivity contribution in [1.29, 1.82) is 0 Å². The Morgan fingerprint density at radius 3 is 2.95 bits per heavy atom. The van der Waals surface area contributed by atoms with Gasteiger partial charge in [-0.25, -0.2) is 4.39 Å². The smallest absolute Gasteiger partial charge is 0.287 e. The number of hydrogen-bond acceptors (Lipinski definition) is 6. The first-order chi connectivity index (χ1) is 9.06. The average molecular weight is 286 g/mol. The van der Waals surface area contributed by atoms with Crippen LogP contribution in [0.25, 0.3) is 0 Å². The van der Waals surface area contributed by atoms with Gasteiger partial charge in [0.05, 0.1) is 6.54 Å². The number of piperidine rings is 1. The molecule has 2 aliphatic heterocycles. The van der Waals surface area contributed by atoms with E-state index < -0.39 is 24.3 Å². The van der Waals surface area contributed by atoms with E-state index in [1.54, 1.807) is 5.38 Å². The van der Waals surface area contributed by atoms with Crippen molar-refractivity contribution in [2.24, 2.45) is 0 Å². The number of rotatable bonds is 2. The van der Waals surface area contributed by atoms with Crippen LogP contribution in [0.15, 0.2) is 10.8 Å². The fourth-order valence-electron chi connectivity index (χ4n) is 2.22. The van der Waals surface area contributed by atoms with Gasteiger partial charge in [0.1, 0.15) is 6.73 Å². The molecule has 0 unspecified atom stereocenters. The molecule has 1 atom stereocenters. The standard InChI is InChI=1S/C11H11FN2O4S/c12-11(2-1-9(16)13(6-15)10(11)17)14-3-7-4-19-5-8(7)18-14/h4-5,15H,1-3,6H2/t11-/m0/s1. The van der Waals surface area contributed by atoms with Gasteiger partial charge in [-0.05, 0) is 5.38 Å². The number of alkyl halides is 1. The molecule has 1 aromatic heterocycles. The van der Waals surface area contributed by atoms with Crippen molar-refractivity contribution in [3.8, 4) is 5.75 Å². The molecule has 0 aromatic carbocycles. The van der Waals surface area contributed by atoms with Crippen LogP contribution in [0.3, 0.4) is 0 Å². The number of hydroxylamine groups is 2. The fourth-order valence-corrected chi connectivity index (χ4v) is 2.96. The topological polar surface area (TPSA) is 70.1 Å². The first kappa shape index (κ1) is 12.5. The maximum atomic E-state index is 14.9. The summed E-state index contributed by atoms with van der Waals surface area (Å²) in [5.74, 6) is -3.52. The molecular formula is C11H11FN2O4S. The van der Waals surface area contributed by atoms with Crippen LogP contribution in [-0.4, -0.2) is 39.4 Å². The summed E-state index contributed by atoms with van der Waals surface area (Å²) >= 11 is 1.43. The van der Waals surface area contributed by atoms with Crippen molar-refractivity contribution in [1.82, 2.24) is 9.96 Å². The molecule has 3 heterocycles. The highest BCUT2D eigenvalue weighted by Crippen LogP contribution is 2.39. The van der Waals surface area contributed by atoms with E-state index >= 15 is 0 Å². The second-order valence-corrected chi connectivity index (χ2v) is 5.16. The quantitative estimate of drug-likeness (QED) is 0.637. The zero-order valence-corrected chi connectivity index (χ0v) is 10.7. The van der Waals surface area contributed by atoms with Gasteiger partial charge in [0.2, 0.25) is 5.91 Å². The lowest BCUT2D eigenvalue weighted by atomic mass is 10.0. The second kappa shape index (κ2) is 4.26. The van der Waals surface area contributed by atoms with Crippen molar-refractivity contribution < 1.29 is 23.9 Å². The van der Waals surface area contributed by atoms with Gasteiger partial charge >= 0.3 is 0 Å². The summed E-state index contributed by atoms with van der Waals surface area (Å²) in [5.41, 5.74) is 0.808. The van der Waals surface area contributed by atoms with Crippen LogP contribution in [0.1, 0.15) is 18.4 Å². The molecule has 0 spiro atoms. The molecule has 2 amide bonds. The molecule has 1 fully saturated rings. The molecule has 1 aromatic rings. The van der Waals surface area contributed by atoms with E-state index in [9.17, 15) is 14.0 Å². The van der Waals surface area contributed by atoms with Gasteiger partial charge in [0.15, 0.2) is 5.75 Å². The fraction of sp³-hybridized carbons (Fsp3) is 0.455. The summed E-state index contributed by atoms with van der Waals surface area (Å²) in [4.78, 5) is 29.3. The molecule has 102 valence electrons. The number of imide groups is 1. The van der Waals surface area contributed by atoms with Gasteiger partial charge in [-0.1, -0.05) is 5.06 Å². The molecular weight excluding hydrogens is 275 g/mol. The van der Waals surface area contributed by atoms with E-state index in [1.807, 2.05) is 5.38 Å². The third-order valence-corrected chi connectivity index (χ3v) is 4.08. The minimum Gasteiger partial charge on any atom is -0.401 e. The molecule has 0 aliphatic carbocycles. The average Bonchev–Trinajstić information content (AvgIpc) is 2.96. The molecule has 0 radical (unpaired) electrons. The molecule has 8 heteroatoms. The maximum absolute atomic E-state index is 14.9. The Balaban J connectivity index is 1.85. The summed E-state index contributed by atoms with van der Waals surface area (Å²) in [6.45, 7) is -0.674. The van der Waals surface area contributed by atoms with E-state index in [1.165, 1.54) is 11.3 Å². The lowest BCUT2D eigenvalue weighted by Crippen LogP contribution is -2.61. The largest absolute Gasteiger partial charge is 0.401 e. The van der Waals surface area contributed by atoms with Gasteiger partial charge in [-0.2, -0.15) is 0 Å². The molecule has 19 heavy (non-hydrogen) atoms. The van der Waals surface area contributed by atoms with Gasteiger partial charge in [-0.3, -0.25) is 14.5 Å². The van der Waals surface area contributed by atoms with E-state index in [4.69, 9.17) is 9.94 Å². The van der Waals surface area contributed by atoms with E-state index in [0.29, 0.717) is 10.6 Å². The Morgan fingerprint density at radius 1 is 1.47 bits per heavy atom. The summed E-state index contributed by atoms with van der Waals surface area (Å²) in [6, 6.07) is 0. The number of thiophene rings is 1. The van der Waals surface area contributed by atoms with Gasteiger partial charge in [0, 0.05) is 23.8 Å². The Labute approximate surface area is 111 Å². The summed E-state index contributed by atoms with van der Waals surface area (Å²) in [7, 11) is 0. The highest BCUT2D eigenvalue weighted by atomic mass is 32.1. The van der Waals surface area contributed by atoms with E-state index in [-0.39, 0.29) is 19.4 Å². The minimum absolute atomic E-state index is 0.143. The van der Waals surface area contributed by atoms with Crippen LogP contribution in [0.2, 0.25) is 0 Å². The zero-order chi connectivity index (χ0) is 13.6. The van der Waals surface area contributed by atoms with Crippen molar-refractivity contribution in [3.05, 3.63) is 16.3 Å². The summed E-state index contributed by atoms with van der Waals surface area (Å²) in [6.07, 6.45) is -0.412. The van der Waals surface area contributed by atoms with Gasteiger partial charge in [0.25, 0.3) is 11.7 Å². The van der Waals surface area contributed by atoms with Crippen LogP contribution >= 0.6 is 11.3 Å². The monoisotopic (exact) mass is 286 g/mol. The number of carbonyl (C=O) groups is 2. The number of fused-ring (bicyclic) bond motifs is 1. The number of halogens is 1. The highest BCUT2D eigenvalue weighted by Gasteiger charge is 2.55. The summed E-state index contributed by atoms with van der Waals surface area (Å²) in [5, 5.41) is 13.5. The van der Waals surface area contributed by atoms with E-state index in [0.717, 1.165) is 10.6 Å². The van der Waals surface area contributed by atoms with Crippen LogP contribution < -0.4 is 4.84 Å². The lowest BCUT2D eigenvalue weighted by Gasteiger charge is -2.37. The molecule has 3 rings (SSSR count). The Bertz CT molecular complexity index is 528. The molecule has 1 saturated heterocycles. The second-order valence-electron chi connectivity index (χ2n) is 4.42. The number of likely N-dealkylation sites (tertiary alicyclic amines) is 1.